The van der Waals surface area contributed by atoms with Gasteiger partial charge in [-0.25, -0.2) is 14.8 Å². The number of aromatic carboxylic acids is 1. The van der Waals surface area contributed by atoms with Gasteiger partial charge in [-0.3, -0.25) is 0 Å². The smallest absolute Gasteiger partial charge is 0.338 e. The number of halogens is 2. The van der Waals surface area contributed by atoms with E-state index >= 15 is 0 Å². The van der Waals surface area contributed by atoms with Gasteiger partial charge in [-0.15, -0.1) is 0 Å². The molecule has 100 valence electrons. The van der Waals surface area contributed by atoms with E-state index in [0.717, 1.165) is 10.0 Å². The van der Waals surface area contributed by atoms with Gasteiger partial charge in [0.05, 0.1) is 16.1 Å². The van der Waals surface area contributed by atoms with Crippen LogP contribution in [0.5, 0.6) is 0 Å². The maximum absolute atomic E-state index is 11.2. The molecule has 5 nitrogen and oxygen atoms in total. The largest absolute Gasteiger partial charge is 0.478 e. The van der Waals surface area contributed by atoms with Crippen LogP contribution in [0.3, 0.4) is 0 Å². The second-order valence-electron chi connectivity index (χ2n) is 4.08. The zero-order valence-corrected chi connectivity index (χ0v) is 12.2. The Morgan fingerprint density at radius 3 is 2.85 bits per heavy atom. The summed E-state index contributed by atoms with van der Waals surface area (Å²) in [6, 6.07) is 6.80. The molecule has 0 aliphatic rings. The van der Waals surface area contributed by atoms with Crippen LogP contribution < -0.4 is 0 Å². The van der Waals surface area contributed by atoms with Gasteiger partial charge in [0.25, 0.3) is 0 Å². The van der Waals surface area contributed by atoms with E-state index in [0.29, 0.717) is 22.0 Å². The van der Waals surface area contributed by atoms with E-state index in [1.807, 2.05) is 6.07 Å². The van der Waals surface area contributed by atoms with Crippen LogP contribution in [0.15, 0.2) is 34.9 Å². The SMILES string of the molecule is O=C(O)c1ccnc2nc(-c3ccc(Br)c(Cl)c3)[nH]c12. The summed E-state index contributed by atoms with van der Waals surface area (Å²) in [5.74, 6) is -0.503. The van der Waals surface area contributed by atoms with Crippen molar-refractivity contribution < 1.29 is 9.90 Å². The minimum absolute atomic E-state index is 0.136. The van der Waals surface area contributed by atoms with Gasteiger partial charge in [-0.05, 0) is 34.1 Å². The fourth-order valence-corrected chi connectivity index (χ4v) is 2.30. The lowest BCUT2D eigenvalue weighted by molar-refractivity contribution is 0.0699. The number of nitrogens with zero attached hydrogens (tertiary/aromatic N) is 2. The first kappa shape index (κ1) is 13.1. The highest BCUT2D eigenvalue weighted by Gasteiger charge is 2.14. The van der Waals surface area contributed by atoms with Crippen LogP contribution in [-0.2, 0) is 0 Å². The van der Waals surface area contributed by atoms with Crippen molar-refractivity contribution in [2.24, 2.45) is 0 Å². The molecule has 3 rings (SSSR count). The normalized spacial score (nSPS) is 10.9. The molecular weight excluding hydrogens is 346 g/mol. The number of rotatable bonds is 2. The van der Waals surface area contributed by atoms with E-state index < -0.39 is 5.97 Å². The number of carboxylic acid groups (broad SMARTS) is 1. The number of carbonyl (C=O) groups is 1. The summed E-state index contributed by atoms with van der Waals surface area (Å²) in [5, 5.41) is 9.69. The molecule has 7 heteroatoms. The van der Waals surface area contributed by atoms with Gasteiger partial charge in [-0.2, -0.15) is 0 Å². The number of aromatic nitrogens is 3. The average Bonchev–Trinajstić information content (AvgIpc) is 2.85. The number of carboxylic acids is 1. The molecule has 20 heavy (non-hydrogen) atoms. The molecule has 0 saturated carbocycles. The van der Waals surface area contributed by atoms with E-state index in [9.17, 15) is 4.79 Å². The second kappa shape index (κ2) is 4.88. The Labute approximate surface area is 126 Å². The molecule has 3 aromatic rings. The highest BCUT2D eigenvalue weighted by molar-refractivity contribution is 9.10. The van der Waals surface area contributed by atoms with Crippen molar-refractivity contribution in [1.29, 1.82) is 0 Å². The topological polar surface area (TPSA) is 78.9 Å². The first-order chi connectivity index (χ1) is 9.56. The fourth-order valence-electron chi connectivity index (χ4n) is 1.87. The van der Waals surface area contributed by atoms with Crippen molar-refractivity contribution in [1.82, 2.24) is 15.0 Å². The number of aromatic amines is 1. The molecule has 0 radical (unpaired) electrons. The predicted molar refractivity (Wildman–Crippen MR) is 79.0 cm³/mol. The first-order valence-electron chi connectivity index (χ1n) is 5.59. The third-order valence-electron chi connectivity index (χ3n) is 2.82. The average molecular weight is 353 g/mol. The zero-order valence-electron chi connectivity index (χ0n) is 9.89. The van der Waals surface area contributed by atoms with E-state index in [1.54, 1.807) is 12.1 Å². The van der Waals surface area contributed by atoms with Crippen LogP contribution in [0.1, 0.15) is 10.4 Å². The maximum Gasteiger partial charge on any atom is 0.338 e. The fraction of sp³-hybridized carbons (Fsp3) is 0. The van der Waals surface area contributed by atoms with Gasteiger partial charge in [-0.1, -0.05) is 17.7 Å². The number of hydrogen-bond donors (Lipinski definition) is 2. The molecule has 0 bridgehead atoms. The van der Waals surface area contributed by atoms with Crippen LogP contribution in [0.25, 0.3) is 22.6 Å². The van der Waals surface area contributed by atoms with E-state index in [-0.39, 0.29) is 5.56 Å². The Morgan fingerprint density at radius 1 is 1.35 bits per heavy atom. The molecule has 0 atom stereocenters. The van der Waals surface area contributed by atoms with Crippen molar-refractivity contribution in [3.05, 3.63) is 45.5 Å². The molecule has 0 amide bonds. The zero-order chi connectivity index (χ0) is 14.3. The van der Waals surface area contributed by atoms with Crippen LogP contribution in [0, 0.1) is 0 Å². The molecule has 0 spiro atoms. The van der Waals surface area contributed by atoms with Crippen LogP contribution in [0.4, 0.5) is 0 Å². The monoisotopic (exact) mass is 351 g/mol. The second-order valence-corrected chi connectivity index (χ2v) is 5.34. The number of hydrogen-bond acceptors (Lipinski definition) is 3. The highest BCUT2D eigenvalue weighted by atomic mass is 79.9. The molecule has 2 aromatic heterocycles. The summed E-state index contributed by atoms with van der Waals surface area (Å²) in [6.07, 6.45) is 1.42. The number of pyridine rings is 1. The van der Waals surface area contributed by atoms with Crippen molar-refractivity contribution in [3.63, 3.8) is 0 Å². The van der Waals surface area contributed by atoms with Crippen molar-refractivity contribution in [2.75, 3.05) is 0 Å². The minimum Gasteiger partial charge on any atom is -0.478 e. The molecule has 0 aliphatic carbocycles. The molecule has 2 N–H and O–H groups in total. The van der Waals surface area contributed by atoms with Crippen molar-refractivity contribution >= 4 is 44.7 Å². The Balaban J connectivity index is 2.20. The number of fused-ring (bicyclic) bond motifs is 1. The van der Waals surface area contributed by atoms with E-state index in [1.165, 1.54) is 12.3 Å². The Kier molecular flexibility index (Phi) is 3.19. The summed E-state index contributed by atoms with van der Waals surface area (Å²) in [7, 11) is 0. The summed E-state index contributed by atoms with van der Waals surface area (Å²) in [4.78, 5) is 22.5. The maximum atomic E-state index is 11.2. The Hall–Kier alpha value is -1.92. The van der Waals surface area contributed by atoms with Crippen LogP contribution in [-0.4, -0.2) is 26.0 Å². The van der Waals surface area contributed by atoms with Gasteiger partial charge < -0.3 is 10.1 Å². The molecular formula is C13H7BrClN3O2. The quantitative estimate of drug-likeness (QED) is 0.736. The van der Waals surface area contributed by atoms with E-state index in [2.05, 4.69) is 30.9 Å². The van der Waals surface area contributed by atoms with Crippen molar-refractivity contribution in [2.45, 2.75) is 0 Å². The van der Waals surface area contributed by atoms with Gasteiger partial charge in [0.15, 0.2) is 5.65 Å². The standard InChI is InChI=1S/C13H7BrClN3O2/c14-8-2-1-6(5-9(8)15)11-17-10-7(13(19)20)3-4-16-12(10)18-11/h1-5H,(H,19,20)(H,16,17,18). The lowest BCUT2D eigenvalue weighted by Crippen LogP contribution is -1.97. The lowest BCUT2D eigenvalue weighted by Gasteiger charge is -1.99. The van der Waals surface area contributed by atoms with Gasteiger partial charge in [0.2, 0.25) is 0 Å². The summed E-state index contributed by atoms with van der Waals surface area (Å²) in [6.45, 7) is 0. The Morgan fingerprint density at radius 2 is 2.15 bits per heavy atom. The molecule has 0 fully saturated rings. The molecule has 2 heterocycles. The summed E-state index contributed by atoms with van der Waals surface area (Å²) < 4.78 is 0.781. The predicted octanol–water partition coefficient (Wildman–Crippen LogP) is 3.74. The van der Waals surface area contributed by atoms with Crippen molar-refractivity contribution in [3.8, 4) is 11.4 Å². The minimum atomic E-state index is -1.03. The number of H-pyrrole nitrogens is 1. The molecule has 1 aromatic carbocycles. The van der Waals surface area contributed by atoms with E-state index in [4.69, 9.17) is 16.7 Å². The lowest BCUT2D eigenvalue weighted by atomic mass is 10.2. The summed E-state index contributed by atoms with van der Waals surface area (Å²) >= 11 is 9.36. The molecule has 0 unspecified atom stereocenters. The Bertz CT molecular complexity index is 832. The highest BCUT2D eigenvalue weighted by Crippen LogP contribution is 2.28. The summed E-state index contributed by atoms with van der Waals surface area (Å²) in [5.41, 5.74) is 1.65. The number of benzene rings is 1. The molecule has 0 saturated heterocycles. The number of nitrogens with one attached hydrogen (secondary N) is 1. The third-order valence-corrected chi connectivity index (χ3v) is 4.05. The van der Waals surface area contributed by atoms with Gasteiger partial charge in [0, 0.05) is 16.2 Å². The third kappa shape index (κ3) is 2.17. The first-order valence-corrected chi connectivity index (χ1v) is 6.77. The number of imidazole rings is 1. The van der Waals surface area contributed by atoms with Gasteiger partial charge in [0.1, 0.15) is 5.82 Å². The molecule has 0 aliphatic heterocycles. The van der Waals surface area contributed by atoms with Crippen LogP contribution >= 0.6 is 27.5 Å². The van der Waals surface area contributed by atoms with Gasteiger partial charge >= 0.3 is 5.97 Å². The van der Waals surface area contributed by atoms with Crippen LogP contribution in [0.2, 0.25) is 5.02 Å².